The third-order valence-corrected chi connectivity index (χ3v) is 19.2. The molecule has 0 saturated heterocycles. The summed E-state index contributed by atoms with van der Waals surface area (Å²) in [6.45, 7) is 73.4. The minimum Gasteiger partial charge on any atom is -0.344 e. The van der Waals surface area contributed by atoms with E-state index in [9.17, 15) is 0 Å². The number of aromatic nitrogens is 3. The maximum atomic E-state index is 2.48. The number of hydrogen-bond donors (Lipinski definition) is 0. The Labute approximate surface area is 680 Å². The molecule has 0 atom stereocenters. The Balaban J connectivity index is 0.00000128. The highest BCUT2D eigenvalue weighted by Gasteiger charge is 2.51. The van der Waals surface area contributed by atoms with Gasteiger partial charge in [-0.3, -0.25) is 14.7 Å². The van der Waals surface area contributed by atoms with Crippen LogP contribution in [0.1, 0.15) is 230 Å². The van der Waals surface area contributed by atoms with Gasteiger partial charge in [0.1, 0.15) is 0 Å². The standard InChI is InChI=1S/C25H16.C17H20N2.2C13H11N.C10H24N2.C6H15N.10C2H6/c1-5-13-21-17(9-1)18-10-2-6-14-22(18)25(21)23-15-7-3-11-19(23)20-12-4-8-16-24(20)25;1-3-18(4-2)13-19-16-11-7-5-9-14(16)15-10-6-8-12-17(15)19;2*1-14-12-8-4-2-6-10(12)11-7-3-5-9-13(11)14;1-6-11(7-2)9-12(8-3)10(4)5;1-4-7(5-2)6-3;10*1-2/h1-16H;5-12H,3-4,13H2,1-2H3;2*2-9H,1H3;10H,6-9H2,1-5H3;4-6H2,1-3H3;10*1-2H3. The maximum Gasteiger partial charge on any atom is 0.0756 e. The smallest absolute Gasteiger partial charge is 0.0756 e. The lowest BCUT2D eigenvalue weighted by atomic mass is 9.70. The second-order valence-corrected chi connectivity index (χ2v) is 24.1. The zero-order valence-corrected chi connectivity index (χ0v) is 76.4. The van der Waals surface area contributed by atoms with Crippen LogP contribution in [0.2, 0.25) is 0 Å². The second-order valence-electron chi connectivity index (χ2n) is 24.1. The van der Waals surface area contributed by atoms with Crippen molar-refractivity contribution in [2.24, 2.45) is 14.1 Å². The number of aryl methyl sites for hydroxylation is 2. The lowest BCUT2D eigenvalue weighted by molar-refractivity contribution is 0.119. The molecule has 0 amide bonds. The van der Waals surface area contributed by atoms with Gasteiger partial charge in [-0.15, -0.1) is 0 Å². The van der Waals surface area contributed by atoms with Gasteiger partial charge in [-0.25, -0.2) is 0 Å². The van der Waals surface area contributed by atoms with Crippen LogP contribution >= 0.6 is 0 Å². The van der Waals surface area contributed by atoms with Crippen LogP contribution < -0.4 is 0 Å². The third kappa shape index (κ3) is 25.7. The molecular weight excluding hydrogens is 1350 g/mol. The predicted octanol–water partition coefficient (Wildman–Crippen LogP) is 30.4. The fraction of sp³-hybridized carbons (Fsp3) is 0.423. The molecule has 0 bridgehead atoms. The lowest BCUT2D eigenvalue weighted by Gasteiger charge is -2.30. The zero-order chi connectivity index (χ0) is 84.0. The van der Waals surface area contributed by atoms with Gasteiger partial charge >= 0.3 is 0 Å². The molecule has 2 aliphatic carbocycles. The lowest BCUT2D eigenvalue weighted by Crippen LogP contribution is -2.41. The summed E-state index contributed by atoms with van der Waals surface area (Å²) in [7, 11) is 4.23. The van der Waals surface area contributed by atoms with Gasteiger partial charge < -0.3 is 18.6 Å². The van der Waals surface area contributed by atoms with Crippen LogP contribution in [-0.2, 0) is 26.2 Å². The molecule has 608 valence electrons. The average molecular weight is 1510 g/mol. The quantitative estimate of drug-likeness (QED) is 0.108. The first-order chi connectivity index (χ1) is 54.5. The van der Waals surface area contributed by atoms with Crippen LogP contribution in [0.4, 0.5) is 0 Å². The van der Waals surface area contributed by atoms with E-state index in [4.69, 9.17) is 0 Å². The molecule has 0 aliphatic heterocycles. The van der Waals surface area contributed by atoms with Crippen molar-refractivity contribution in [1.82, 2.24) is 33.3 Å². The van der Waals surface area contributed by atoms with Crippen molar-refractivity contribution >= 4 is 65.4 Å². The van der Waals surface area contributed by atoms with E-state index in [1.54, 1.807) is 0 Å². The van der Waals surface area contributed by atoms with Crippen molar-refractivity contribution in [1.29, 1.82) is 0 Å². The highest BCUT2D eigenvalue weighted by Crippen LogP contribution is 2.62. The molecule has 0 unspecified atom stereocenters. The molecule has 10 aromatic carbocycles. The van der Waals surface area contributed by atoms with Crippen LogP contribution in [0.15, 0.2) is 243 Å². The van der Waals surface area contributed by atoms with E-state index in [1.807, 2.05) is 138 Å². The van der Waals surface area contributed by atoms with Crippen LogP contribution in [0.5, 0.6) is 0 Å². The summed E-state index contributed by atoms with van der Waals surface area (Å²) in [6, 6.07) is 87.8. The molecule has 111 heavy (non-hydrogen) atoms. The number of hydrogen-bond acceptors (Lipinski definition) is 4. The van der Waals surface area contributed by atoms with E-state index in [2.05, 4.69) is 359 Å². The molecule has 0 radical (unpaired) electrons. The van der Waals surface area contributed by atoms with Gasteiger partial charge in [-0.2, -0.15) is 0 Å². The Morgan fingerprint density at radius 3 is 0.649 bits per heavy atom. The largest absolute Gasteiger partial charge is 0.344 e. The van der Waals surface area contributed by atoms with Gasteiger partial charge in [0.05, 0.1) is 29.8 Å². The SMILES string of the molecule is CC.CC.CC.CC.CC.CC.CC.CC.CC.CC.CCN(CC)CC.CCN(CC)CN(CC)C(C)C.CCN(CC)Cn1c2ccccc2c2ccccc21.Cn1c2ccccc2c2ccccc21.Cn1c2ccccc2c2ccccc21.c1ccc2c(c1)-c1ccccc1C21c2ccccc2-c2ccccc21. The molecule has 2 aliphatic rings. The Morgan fingerprint density at radius 1 is 0.243 bits per heavy atom. The van der Waals surface area contributed by atoms with Crippen LogP contribution in [0, 0.1) is 0 Å². The number of benzene rings is 10. The van der Waals surface area contributed by atoms with Crippen molar-refractivity contribution in [2.45, 2.75) is 226 Å². The van der Waals surface area contributed by atoms with E-state index in [1.165, 1.54) is 130 Å². The maximum absolute atomic E-state index is 2.48. The van der Waals surface area contributed by atoms with Gasteiger partial charge in [0.25, 0.3) is 0 Å². The van der Waals surface area contributed by atoms with Crippen molar-refractivity contribution in [3.63, 3.8) is 0 Å². The number of nitrogens with zero attached hydrogens (tertiary/aromatic N) is 7. The van der Waals surface area contributed by atoms with Crippen molar-refractivity contribution < 1.29 is 0 Å². The normalized spacial score (nSPS) is 10.6. The van der Waals surface area contributed by atoms with Gasteiger partial charge in [-0.1, -0.05) is 400 Å². The monoisotopic (exact) mass is 1500 g/mol. The van der Waals surface area contributed by atoms with Crippen LogP contribution in [-0.4, -0.2) is 98.4 Å². The molecule has 0 N–H and O–H groups in total. The van der Waals surface area contributed by atoms with Gasteiger partial charge in [0, 0.05) is 74.5 Å². The molecule has 0 fully saturated rings. The van der Waals surface area contributed by atoms with Crippen molar-refractivity contribution in [2.75, 3.05) is 59.0 Å². The third-order valence-electron chi connectivity index (χ3n) is 19.2. The van der Waals surface area contributed by atoms with Gasteiger partial charge in [-0.05, 0) is 147 Å². The van der Waals surface area contributed by atoms with E-state index >= 15 is 0 Å². The first kappa shape index (κ1) is 102. The Bertz CT molecular complexity index is 4010. The van der Waals surface area contributed by atoms with Crippen molar-refractivity contribution in [3.05, 3.63) is 265 Å². The summed E-state index contributed by atoms with van der Waals surface area (Å²) in [5, 5.41) is 8.06. The summed E-state index contributed by atoms with van der Waals surface area (Å²) in [5.74, 6) is 0. The average Bonchev–Trinajstić information content (AvgIpc) is 1.51. The van der Waals surface area contributed by atoms with E-state index in [0.29, 0.717) is 6.04 Å². The number of fused-ring (bicyclic) bond motifs is 19. The molecule has 15 rings (SSSR count). The molecule has 7 nitrogen and oxygen atoms in total. The second kappa shape index (κ2) is 59.2. The van der Waals surface area contributed by atoms with Gasteiger partial charge in [0.15, 0.2) is 0 Å². The molecule has 7 heteroatoms. The fourth-order valence-corrected chi connectivity index (χ4v) is 14.0. The molecule has 3 heterocycles. The summed E-state index contributed by atoms with van der Waals surface area (Å²) in [5.41, 5.74) is 18.8. The molecule has 1 spiro atoms. The Kier molecular flexibility index (Phi) is 54.7. The predicted molar refractivity (Wildman–Crippen MR) is 508 cm³/mol. The molecule has 0 saturated carbocycles. The topological polar surface area (TPSA) is 27.8 Å². The minimum atomic E-state index is -0.180. The Hall–Kier alpha value is -8.56. The summed E-state index contributed by atoms with van der Waals surface area (Å²) in [4.78, 5) is 9.75. The van der Waals surface area contributed by atoms with E-state index in [0.717, 1.165) is 46.1 Å². The molecule has 3 aromatic heterocycles. The minimum absolute atomic E-state index is 0.180. The molecule has 13 aromatic rings. The van der Waals surface area contributed by atoms with Crippen LogP contribution in [0.25, 0.3) is 87.7 Å². The zero-order valence-electron chi connectivity index (χ0n) is 76.4. The Morgan fingerprint density at radius 2 is 0.441 bits per heavy atom. The number of para-hydroxylation sites is 6. The van der Waals surface area contributed by atoms with Crippen molar-refractivity contribution in [3.8, 4) is 22.3 Å². The van der Waals surface area contributed by atoms with E-state index in [-0.39, 0.29) is 5.41 Å². The number of rotatable bonds is 13. The highest BCUT2D eigenvalue weighted by molar-refractivity contribution is 6.10. The summed E-state index contributed by atoms with van der Waals surface area (Å²) in [6.07, 6.45) is 0. The summed E-state index contributed by atoms with van der Waals surface area (Å²) >= 11 is 0. The highest BCUT2D eigenvalue weighted by atomic mass is 15.3. The first-order valence-electron chi connectivity index (χ1n) is 43.6. The van der Waals surface area contributed by atoms with E-state index < -0.39 is 0 Å². The fourth-order valence-electron chi connectivity index (χ4n) is 14.0. The summed E-state index contributed by atoms with van der Waals surface area (Å²) < 4.78 is 6.91. The van der Waals surface area contributed by atoms with Gasteiger partial charge in [0.2, 0.25) is 0 Å². The van der Waals surface area contributed by atoms with Crippen LogP contribution in [0.3, 0.4) is 0 Å². The molecular formula is C104H157N7. The first-order valence-corrected chi connectivity index (χ1v) is 43.6.